The number of urea groups is 2. The molecule has 1 aliphatic rings. The maximum atomic E-state index is 12.0. The van der Waals surface area contributed by atoms with Crippen LogP contribution in [0.15, 0.2) is 41.1 Å². The van der Waals surface area contributed by atoms with Crippen LogP contribution in [0.5, 0.6) is 0 Å². The molecule has 4 amide bonds. The molecule has 22 heavy (non-hydrogen) atoms. The predicted molar refractivity (Wildman–Crippen MR) is 87.2 cm³/mol. The number of rotatable bonds is 4. The van der Waals surface area contributed by atoms with Gasteiger partial charge in [-0.2, -0.15) is 11.3 Å². The van der Waals surface area contributed by atoms with Crippen LogP contribution >= 0.6 is 11.3 Å². The summed E-state index contributed by atoms with van der Waals surface area (Å²) in [5, 5.41) is 12.1. The first kappa shape index (κ1) is 14.4. The average molecular weight is 316 g/mol. The van der Waals surface area contributed by atoms with Crippen LogP contribution in [-0.2, 0) is 6.54 Å². The number of amides is 4. The number of para-hydroxylation sites is 1. The molecule has 3 N–H and O–H groups in total. The molecule has 114 valence electrons. The van der Waals surface area contributed by atoms with Gasteiger partial charge in [-0.25, -0.2) is 9.59 Å². The van der Waals surface area contributed by atoms with Crippen molar-refractivity contribution >= 4 is 34.8 Å². The van der Waals surface area contributed by atoms with Crippen LogP contribution in [-0.4, -0.2) is 30.1 Å². The van der Waals surface area contributed by atoms with E-state index >= 15 is 0 Å². The minimum atomic E-state index is -0.295. The summed E-state index contributed by atoms with van der Waals surface area (Å²) in [4.78, 5) is 25.4. The average Bonchev–Trinajstić information content (AvgIpc) is 3.14. The second kappa shape index (κ2) is 6.48. The first-order valence-corrected chi connectivity index (χ1v) is 7.87. The van der Waals surface area contributed by atoms with E-state index in [2.05, 4.69) is 16.0 Å². The van der Waals surface area contributed by atoms with Crippen molar-refractivity contribution in [2.45, 2.75) is 6.54 Å². The van der Waals surface area contributed by atoms with E-state index in [-0.39, 0.29) is 12.1 Å². The lowest BCUT2D eigenvalue weighted by Gasteiger charge is -2.17. The summed E-state index contributed by atoms with van der Waals surface area (Å²) in [6.07, 6.45) is 0. The second-order valence-corrected chi connectivity index (χ2v) is 5.68. The van der Waals surface area contributed by atoms with E-state index in [1.807, 2.05) is 41.1 Å². The summed E-state index contributed by atoms with van der Waals surface area (Å²) in [6, 6.07) is 8.96. The lowest BCUT2D eigenvalue weighted by Crippen LogP contribution is -2.28. The molecule has 1 fully saturated rings. The Hall–Kier alpha value is -2.54. The molecule has 0 aliphatic carbocycles. The molecule has 1 aromatic carbocycles. The molecule has 6 nitrogen and oxygen atoms in total. The van der Waals surface area contributed by atoms with Crippen molar-refractivity contribution in [2.75, 3.05) is 23.7 Å². The Morgan fingerprint density at radius 2 is 2.14 bits per heavy atom. The molecule has 7 heteroatoms. The maximum absolute atomic E-state index is 12.0. The normalized spacial score (nSPS) is 13.8. The van der Waals surface area contributed by atoms with Crippen LogP contribution < -0.4 is 16.0 Å². The zero-order valence-electron chi connectivity index (χ0n) is 11.8. The Kier molecular flexibility index (Phi) is 4.24. The summed E-state index contributed by atoms with van der Waals surface area (Å²) in [7, 11) is 0. The first-order chi connectivity index (χ1) is 10.7. The number of hydrogen-bond donors (Lipinski definition) is 3. The summed E-state index contributed by atoms with van der Waals surface area (Å²) in [5.74, 6) is 0. The van der Waals surface area contributed by atoms with Crippen LogP contribution in [0.3, 0.4) is 0 Å². The number of nitrogens with zero attached hydrogens (tertiary/aromatic N) is 1. The van der Waals surface area contributed by atoms with Crippen LogP contribution in [0.2, 0.25) is 0 Å². The number of thiophene rings is 1. The lowest BCUT2D eigenvalue weighted by molar-refractivity contribution is 0.215. The number of carbonyl (C=O) groups is 2. The maximum Gasteiger partial charge on any atom is 0.323 e. The van der Waals surface area contributed by atoms with Crippen LogP contribution in [0.4, 0.5) is 21.0 Å². The van der Waals surface area contributed by atoms with Crippen LogP contribution in [0.1, 0.15) is 5.56 Å². The molecule has 0 spiro atoms. The molecule has 0 unspecified atom stereocenters. The zero-order chi connectivity index (χ0) is 15.4. The molecule has 0 atom stereocenters. The minimum Gasteiger partial charge on any atom is -0.336 e. The van der Waals surface area contributed by atoms with Crippen molar-refractivity contribution in [2.24, 2.45) is 0 Å². The van der Waals surface area contributed by atoms with E-state index in [1.54, 1.807) is 4.90 Å². The highest BCUT2D eigenvalue weighted by Gasteiger charge is 2.20. The summed E-state index contributed by atoms with van der Waals surface area (Å²) >= 11 is 1.52. The van der Waals surface area contributed by atoms with Crippen LogP contribution in [0.25, 0.3) is 0 Å². The van der Waals surface area contributed by atoms with Gasteiger partial charge in [-0.05, 0) is 23.1 Å². The molecule has 0 saturated carbocycles. The number of benzene rings is 1. The van der Waals surface area contributed by atoms with Gasteiger partial charge < -0.3 is 20.9 Å². The van der Waals surface area contributed by atoms with Gasteiger partial charge in [0.05, 0.1) is 5.69 Å². The van der Waals surface area contributed by atoms with Crippen molar-refractivity contribution in [1.29, 1.82) is 0 Å². The van der Waals surface area contributed by atoms with Crippen molar-refractivity contribution < 1.29 is 9.59 Å². The van der Waals surface area contributed by atoms with Crippen molar-refractivity contribution in [3.63, 3.8) is 0 Å². The number of carbonyl (C=O) groups excluding carboxylic acids is 2. The summed E-state index contributed by atoms with van der Waals surface area (Å²) < 4.78 is 0. The Bertz CT molecular complexity index is 672. The Labute approximate surface area is 132 Å². The molecule has 1 saturated heterocycles. The molecule has 2 aromatic rings. The standard InChI is InChI=1S/C15H16N4O2S/c20-14(17-12-5-8-22-10-12)18-13-4-2-1-3-11(13)9-19-7-6-16-15(19)21/h1-5,8,10H,6-7,9H2,(H,16,21)(H2,17,18,20). The highest BCUT2D eigenvalue weighted by Crippen LogP contribution is 2.19. The van der Waals surface area contributed by atoms with Crippen molar-refractivity contribution in [1.82, 2.24) is 10.2 Å². The highest BCUT2D eigenvalue weighted by atomic mass is 32.1. The topological polar surface area (TPSA) is 73.5 Å². The van der Waals surface area contributed by atoms with E-state index in [9.17, 15) is 9.59 Å². The molecule has 0 radical (unpaired) electrons. The van der Waals surface area contributed by atoms with Gasteiger partial charge in [-0.15, -0.1) is 0 Å². The van der Waals surface area contributed by atoms with Gasteiger partial charge in [-0.1, -0.05) is 18.2 Å². The van der Waals surface area contributed by atoms with Gasteiger partial charge in [0.15, 0.2) is 0 Å². The molecule has 1 aliphatic heterocycles. The van der Waals surface area contributed by atoms with Crippen molar-refractivity contribution in [3.8, 4) is 0 Å². The van der Waals surface area contributed by atoms with E-state index < -0.39 is 0 Å². The van der Waals surface area contributed by atoms with E-state index in [0.29, 0.717) is 25.3 Å². The third kappa shape index (κ3) is 3.37. The predicted octanol–water partition coefficient (Wildman–Crippen LogP) is 2.92. The van der Waals surface area contributed by atoms with E-state index in [4.69, 9.17) is 0 Å². The largest absolute Gasteiger partial charge is 0.336 e. The fourth-order valence-electron chi connectivity index (χ4n) is 2.27. The van der Waals surface area contributed by atoms with Crippen LogP contribution in [0, 0.1) is 0 Å². The zero-order valence-corrected chi connectivity index (χ0v) is 12.7. The van der Waals surface area contributed by atoms with Gasteiger partial charge >= 0.3 is 12.1 Å². The van der Waals surface area contributed by atoms with Gasteiger partial charge in [0.1, 0.15) is 0 Å². The van der Waals surface area contributed by atoms with E-state index in [1.165, 1.54) is 11.3 Å². The molecule has 3 rings (SSSR count). The number of hydrogen-bond acceptors (Lipinski definition) is 3. The number of nitrogens with one attached hydrogen (secondary N) is 3. The van der Waals surface area contributed by atoms with Gasteiger partial charge in [0, 0.05) is 30.7 Å². The smallest absolute Gasteiger partial charge is 0.323 e. The molecular formula is C15H16N4O2S. The quantitative estimate of drug-likeness (QED) is 0.811. The Morgan fingerprint density at radius 1 is 1.27 bits per heavy atom. The third-order valence-electron chi connectivity index (χ3n) is 3.35. The SMILES string of the molecule is O=C(Nc1ccsc1)Nc1ccccc1CN1CCNC1=O. The molecular weight excluding hydrogens is 300 g/mol. The highest BCUT2D eigenvalue weighted by molar-refractivity contribution is 7.08. The van der Waals surface area contributed by atoms with E-state index in [0.717, 1.165) is 11.3 Å². The summed E-state index contributed by atoms with van der Waals surface area (Å²) in [6.45, 7) is 1.81. The fraction of sp³-hybridized carbons (Fsp3) is 0.200. The summed E-state index contributed by atoms with van der Waals surface area (Å²) in [5.41, 5.74) is 2.37. The van der Waals surface area contributed by atoms with Gasteiger partial charge in [0.25, 0.3) is 0 Å². The Balaban J connectivity index is 1.68. The minimum absolute atomic E-state index is 0.0717. The molecule has 1 aromatic heterocycles. The van der Waals surface area contributed by atoms with Crippen molar-refractivity contribution in [3.05, 3.63) is 46.7 Å². The third-order valence-corrected chi connectivity index (χ3v) is 4.03. The number of anilines is 2. The van der Waals surface area contributed by atoms with Gasteiger partial charge in [-0.3, -0.25) is 0 Å². The first-order valence-electron chi connectivity index (χ1n) is 6.93. The molecule has 2 heterocycles. The lowest BCUT2D eigenvalue weighted by atomic mass is 10.1. The molecule has 0 bridgehead atoms. The Morgan fingerprint density at radius 3 is 2.86 bits per heavy atom. The second-order valence-electron chi connectivity index (χ2n) is 4.90. The van der Waals surface area contributed by atoms with Gasteiger partial charge in [0.2, 0.25) is 0 Å². The fourth-order valence-corrected chi connectivity index (χ4v) is 2.86. The monoisotopic (exact) mass is 316 g/mol.